The molecule has 100 valence electrons. The number of allylic oxidation sites excluding steroid dienone is 1. The van der Waals surface area contributed by atoms with Crippen LogP contribution in [0, 0.1) is 17.1 Å². The van der Waals surface area contributed by atoms with Gasteiger partial charge in [-0.25, -0.2) is 4.39 Å². The molecule has 0 atom stereocenters. The Kier molecular flexibility index (Phi) is 4.29. The molecule has 2 aromatic rings. The molecule has 0 amide bonds. The van der Waals surface area contributed by atoms with E-state index in [1.54, 1.807) is 24.3 Å². The molecule has 0 saturated carbocycles. The fraction of sp³-hybridized carbons (Fsp3) is 0.118. The first kappa shape index (κ1) is 14.0. The molecule has 0 unspecified atom stereocenters. The van der Waals surface area contributed by atoms with Crippen LogP contribution in [-0.2, 0) is 6.61 Å². The van der Waals surface area contributed by atoms with E-state index >= 15 is 0 Å². The van der Waals surface area contributed by atoms with Crippen molar-refractivity contribution in [3.05, 3.63) is 76.6 Å². The Morgan fingerprint density at radius 2 is 1.95 bits per heavy atom. The highest BCUT2D eigenvalue weighted by molar-refractivity contribution is 5.81. The van der Waals surface area contributed by atoms with Gasteiger partial charge in [0.05, 0.1) is 18.2 Å². The van der Waals surface area contributed by atoms with E-state index in [1.807, 2.05) is 19.1 Å². The number of benzene rings is 2. The summed E-state index contributed by atoms with van der Waals surface area (Å²) in [6.45, 7) is 1.74. The first-order valence-electron chi connectivity index (χ1n) is 6.26. The summed E-state index contributed by atoms with van der Waals surface area (Å²) < 4.78 is 13.0. The van der Waals surface area contributed by atoms with Gasteiger partial charge in [-0.1, -0.05) is 24.3 Å². The van der Waals surface area contributed by atoms with Gasteiger partial charge in [0.2, 0.25) is 0 Å². The van der Waals surface area contributed by atoms with E-state index in [2.05, 4.69) is 6.07 Å². The van der Waals surface area contributed by atoms with Crippen LogP contribution in [0.25, 0.3) is 5.57 Å². The maximum absolute atomic E-state index is 13.0. The highest BCUT2D eigenvalue weighted by atomic mass is 19.1. The molecule has 3 heteroatoms. The van der Waals surface area contributed by atoms with E-state index in [9.17, 15) is 9.50 Å². The molecule has 0 heterocycles. The number of halogens is 1. The molecule has 0 bridgehead atoms. The number of hydrogen-bond acceptors (Lipinski definition) is 2. The van der Waals surface area contributed by atoms with E-state index in [1.165, 1.54) is 12.1 Å². The minimum Gasteiger partial charge on any atom is -0.392 e. The zero-order chi connectivity index (χ0) is 14.5. The maximum Gasteiger partial charge on any atom is 0.123 e. The highest BCUT2D eigenvalue weighted by Crippen LogP contribution is 2.27. The SMILES string of the molecule is C/C=C(\c1ccc(F)cc1)c1ccc(C#N)cc1CO. The molecule has 0 fully saturated rings. The van der Waals surface area contributed by atoms with Gasteiger partial charge in [0.1, 0.15) is 5.82 Å². The van der Waals surface area contributed by atoms with E-state index < -0.39 is 0 Å². The molecule has 0 aliphatic heterocycles. The van der Waals surface area contributed by atoms with Gasteiger partial charge in [0, 0.05) is 0 Å². The predicted molar refractivity (Wildman–Crippen MR) is 76.2 cm³/mol. The fourth-order valence-corrected chi connectivity index (χ4v) is 2.16. The Morgan fingerprint density at radius 3 is 2.50 bits per heavy atom. The molecule has 0 aliphatic carbocycles. The third-order valence-electron chi connectivity index (χ3n) is 3.14. The summed E-state index contributed by atoms with van der Waals surface area (Å²) in [6, 6.07) is 13.4. The van der Waals surface area contributed by atoms with Gasteiger partial charge in [-0.3, -0.25) is 0 Å². The molecular weight excluding hydrogens is 253 g/mol. The highest BCUT2D eigenvalue weighted by Gasteiger charge is 2.10. The largest absolute Gasteiger partial charge is 0.392 e. The monoisotopic (exact) mass is 267 g/mol. The van der Waals surface area contributed by atoms with Crippen molar-refractivity contribution in [2.45, 2.75) is 13.5 Å². The van der Waals surface area contributed by atoms with Crippen LogP contribution in [-0.4, -0.2) is 5.11 Å². The smallest absolute Gasteiger partial charge is 0.123 e. The standard InChI is InChI=1S/C17H14FNO/c1-2-16(13-4-6-15(18)7-5-13)17-8-3-12(10-19)9-14(17)11-20/h2-9,20H,11H2,1H3/b16-2+. The molecule has 1 N–H and O–H groups in total. The van der Waals surface area contributed by atoms with E-state index in [0.717, 1.165) is 16.7 Å². The summed E-state index contributed by atoms with van der Waals surface area (Å²) in [6.07, 6.45) is 1.91. The fourth-order valence-electron chi connectivity index (χ4n) is 2.16. The Balaban J connectivity index is 2.53. The molecule has 0 aliphatic rings. The molecule has 0 spiro atoms. The van der Waals surface area contributed by atoms with Crippen molar-refractivity contribution < 1.29 is 9.50 Å². The first-order valence-corrected chi connectivity index (χ1v) is 6.26. The van der Waals surface area contributed by atoms with Crippen LogP contribution in [0.5, 0.6) is 0 Å². The van der Waals surface area contributed by atoms with Crippen LogP contribution in [0.1, 0.15) is 29.2 Å². The van der Waals surface area contributed by atoms with E-state index in [4.69, 9.17) is 5.26 Å². The van der Waals surface area contributed by atoms with E-state index in [0.29, 0.717) is 11.1 Å². The molecule has 20 heavy (non-hydrogen) atoms. The lowest BCUT2D eigenvalue weighted by Gasteiger charge is -2.12. The average Bonchev–Trinajstić information content (AvgIpc) is 2.50. The van der Waals surface area contributed by atoms with Crippen molar-refractivity contribution >= 4 is 5.57 Å². The number of rotatable bonds is 3. The second-order valence-corrected chi connectivity index (χ2v) is 4.35. The number of nitriles is 1. The first-order chi connectivity index (χ1) is 9.69. The van der Waals surface area contributed by atoms with Gasteiger partial charge < -0.3 is 5.11 Å². The minimum atomic E-state index is -0.286. The summed E-state index contributed by atoms with van der Waals surface area (Å²) in [5.74, 6) is -0.286. The van der Waals surface area contributed by atoms with Gasteiger partial charge in [0.25, 0.3) is 0 Å². The summed E-state index contributed by atoms with van der Waals surface area (Å²) in [5, 5.41) is 18.4. The third kappa shape index (κ3) is 2.76. The van der Waals surface area contributed by atoms with Crippen molar-refractivity contribution in [3.63, 3.8) is 0 Å². The van der Waals surface area contributed by atoms with E-state index in [-0.39, 0.29) is 12.4 Å². The van der Waals surface area contributed by atoms with Crippen LogP contribution in [0.3, 0.4) is 0 Å². The average molecular weight is 267 g/mol. The van der Waals surface area contributed by atoms with Crippen molar-refractivity contribution in [2.75, 3.05) is 0 Å². The number of hydrogen-bond donors (Lipinski definition) is 1. The molecular formula is C17H14FNO. The summed E-state index contributed by atoms with van der Waals surface area (Å²) in [7, 11) is 0. The molecule has 2 nitrogen and oxygen atoms in total. The topological polar surface area (TPSA) is 44.0 Å². The Morgan fingerprint density at radius 1 is 1.25 bits per heavy atom. The zero-order valence-electron chi connectivity index (χ0n) is 11.1. The van der Waals surface area contributed by atoms with Gasteiger partial charge in [0.15, 0.2) is 0 Å². The minimum absolute atomic E-state index is 0.149. The van der Waals surface area contributed by atoms with Crippen LogP contribution < -0.4 is 0 Å². The molecule has 0 radical (unpaired) electrons. The molecule has 2 rings (SSSR count). The Bertz CT molecular complexity index is 681. The quantitative estimate of drug-likeness (QED) is 0.922. The van der Waals surface area contributed by atoms with Gasteiger partial charge >= 0.3 is 0 Å². The lowest BCUT2D eigenvalue weighted by Crippen LogP contribution is -1.96. The number of aliphatic hydroxyl groups excluding tert-OH is 1. The molecule has 2 aromatic carbocycles. The lowest BCUT2D eigenvalue weighted by molar-refractivity contribution is 0.281. The van der Waals surface area contributed by atoms with Crippen LogP contribution in [0.2, 0.25) is 0 Å². The Hall–Kier alpha value is -2.44. The van der Waals surface area contributed by atoms with Crippen molar-refractivity contribution in [2.24, 2.45) is 0 Å². The third-order valence-corrected chi connectivity index (χ3v) is 3.14. The second-order valence-electron chi connectivity index (χ2n) is 4.35. The maximum atomic E-state index is 13.0. The summed E-state index contributed by atoms with van der Waals surface area (Å²) >= 11 is 0. The van der Waals surface area contributed by atoms with Crippen LogP contribution in [0.4, 0.5) is 4.39 Å². The molecule has 0 saturated heterocycles. The summed E-state index contributed by atoms with van der Waals surface area (Å²) in [5.41, 5.74) is 3.81. The number of nitrogens with zero attached hydrogens (tertiary/aromatic N) is 1. The zero-order valence-corrected chi connectivity index (χ0v) is 11.1. The number of aliphatic hydroxyl groups is 1. The predicted octanol–water partition coefficient (Wildman–Crippen LogP) is 3.64. The van der Waals surface area contributed by atoms with Crippen molar-refractivity contribution in [3.8, 4) is 6.07 Å². The van der Waals surface area contributed by atoms with Gasteiger partial charge in [-0.05, 0) is 53.5 Å². The van der Waals surface area contributed by atoms with Gasteiger partial charge in [-0.2, -0.15) is 5.26 Å². The van der Waals surface area contributed by atoms with Crippen molar-refractivity contribution in [1.29, 1.82) is 5.26 Å². The van der Waals surface area contributed by atoms with Gasteiger partial charge in [-0.15, -0.1) is 0 Å². The van der Waals surface area contributed by atoms with Crippen LogP contribution >= 0.6 is 0 Å². The Labute approximate surface area is 117 Å². The van der Waals surface area contributed by atoms with Crippen LogP contribution in [0.15, 0.2) is 48.5 Å². The normalized spacial score (nSPS) is 11.2. The lowest BCUT2D eigenvalue weighted by atomic mass is 9.93. The van der Waals surface area contributed by atoms with Crippen molar-refractivity contribution in [1.82, 2.24) is 0 Å². The summed E-state index contributed by atoms with van der Waals surface area (Å²) in [4.78, 5) is 0. The molecule has 0 aromatic heterocycles. The second kappa shape index (κ2) is 6.14.